The molecule has 0 bridgehead atoms. The van der Waals surface area contributed by atoms with Gasteiger partial charge in [0.2, 0.25) is 11.8 Å². The van der Waals surface area contributed by atoms with Crippen LogP contribution in [0.4, 0.5) is 5.69 Å². The van der Waals surface area contributed by atoms with Crippen LogP contribution in [0.15, 0.2) is 53.7 Å². The summed E-state index contributed by atoms with van der Waals surface area (Å²) < 4.78 is 7.12. The molecular weight excluding hydrogens is 426 g/mol. The van der Waals surface area contributed by atoms with Crippen LogP contribution in [-0.4, -0.2) is 50.9 Å². The van der Waals surface area contributed by atoms with E-state index >= 15 is 0 Å². The molecule has 168 valence electrons. The van der Waals surface area contributed by atoms with Crippen molar-refractivity contribution in [2.24, 2.45) is 0 Å². The number of ether oxygens (including phenoxy) is 1. The highest BCUT2D eigenvalue weighted by molar-refractivity contribution is 7.99. The second kappa shape index (κ2) is 10.8. The Balaban J connectivity index is 1.68. The van der Waals surface area contributed by atoms with Crippen LogP contribution in [0.3, 0.4) is 0 Å². The van der Waals surface area contributed by atoms with Gasteiger partial charge in [0, 0.05) is 31.4 Å². The molecule has 0 fully saturated rings. The lowest BCUT2D eigenvalue weighted by atomic mass is 10.1. The van der Waals surface area contributed by atoms with Crippen LogP contribution < -0.4 is 10.1 Å². The summed E-state index contributed by atoms with van der Waals surface area (Å²) in [6.07, 6.45) is 0. The number of methoxy groups -OCH3 is 1. The van der Waals surface area contributed by atoms with Crippen LogP contribution >= 0.6 is 11.8 Å². The molecule has 3 rings (SSSR count). The molecule has 0 aliphatic rings. The van der Waals surface area contributed by atoms with Gasteiger partial charge in [0.15, 0.2) is 5.16 Å². The summed E-state index contributed by atoms with van der Waals surface area (Å²) in [5, 5.41) is 12.0. The number of benzene rings is 2. The average Bonchev–Trinajstić information content (AvgIpc) is 3.17. The van der Waals surface area contributed by atoms with Crippen molar-refractivity contribution in [2.75, 3.05) is 24.7 Å². The SMILES string of the molecule is CCN(Cc1ccccc1NC(=O)CSc1nnc(C)n1-c1ccc(OC)cc1)C(C)=O. The highest BCUT2D eigenvalue weighted by atomic mass is 32.2. The van der Waals surface area contributed by atoms with Crippen LogP contribution in [0.5, 0.6) is 5.75 Å². The minimum Gasteiger partial charge on any atom is -0.497 e. The van der Waals surface area contributed by atoms with Crippen molar-refractivity contribution in [2.45, 2.75) is 32.5 Å². The van der Waals surface area contributed by atoms with Crippen molar-refractivity contribution in [1.82, 2.24) is 19.7 Å². The zero-order valence-electron chi connectivity index (χ0n) is 18.7. The zero-order chi connectivity index (χ0) is 23.1. The van der Waals surface area contributed by atoms with Gasteiger partial charge in [-0.3, -0.25) is 14.2 Å². The lowest BCUT2D eigenvalue weighted by Crippen LogP contribution is -2.28. The smallest absolute Gasteiger partial charge is 0.234 e. The van der Waals surface area contributed by atoms with Crippen LogP contribution in [0.2, 0.25) is 0 Å². The van der Waals surface area contributed by atoms with Crippen molar-refractivity contribution in [1.29, 1.82) is 0 Å². The molecule has 0 aliphatic heterocycles. The van der Waals surface area contributed by atoms with Crippen LogP contribution in [-0.2, 0) is 16.1 Å². The fraction of sp³-hybridized carbons (Fsp3) is 0.304. The van der Waals surface area contributed by atoms with Gasteiger partial charge in [-0.25, -0.2) is 0 Å². The van der Waals surface area contributed by atoms with Gasteiger partial charge in [-0.1, -0.05) is 30.0 Å². The quantitative estimate of drug-likeness (QED) is 0.497. The van der Waals surface area contributed by atoms with E-state index in [-0.39, 0.29) is 17.6 Å². The van der Waals surface area contributed by atoms with E-state index in [4.69, 9.17) is 4.74 Å². The van der Waals surface area contributed by atoms with Crippen molar-refractivity contribution in [3.63, 3.8) is 0 Å². The summed E-state index contributed by atoms with van der Waals surface area (Å²) in [5.74, 6) is 1.51. The van der Waals surface area contributed by atoms with E-state index < -0.39 is 0 Å². The number of hydrogen-bond acceptors (Lipinski definition) is 6. The number of thioether (sulfide) groups is 1. The Hall–Kier alpha value is -3.33. The van der Waals surface area contributed by atoms with Gasteiger partial charge in [0.05, 0.1) is 12.9 Å². The molecular formula is C23H27N5O3S. The monoisotopic (exact) mass is 453 g/mol. The number of carbonyl (C=O) groups excluding carboxylic acids is 2. The Morgan fingerprint density at radius 1 is 1.12 bits per heavy atom. The summed E-state index contributed by atoms with van der Waals surface area (Å²) in [6.45, 7) is 6.39. The molecule has 0 unspecified atom stereocenters. The molecule has 0 atom stereocenters. The summed E-state index contributed by atoms with van der Waals surface area (Å²) in [7, 11) is 1.62. The van der Waals surface area contributed by atoms with Crippen molar-refractivity contribution in [3.8, 4) is 11.4 Å². The normalized spacial score (nSPS) is 10.6. The summed E-state index contributed by atoms with van der Waals surface area (Å²) in [5.41, 5.74) is 2.48. The molecule has 0 spiro atoms. The van der Waals surface area contributed by atoms with E-state index in [1.54, 1.807) is 18.9 Å². The number of nitrogens with one attached hydrogen (secondary N) is 1. The second-order valence-corrected chi connectivity index (χ2v) is 8.03. The molecule has 2 amide bonds. The number of hydrogen-bond donors (Lipinski definition) is 1. The highest BCUT2D eigenvalue weighted by Gasteiger charge is 2.15. The van der Waals surface area contributed by atoms with Crippen LogP contribution in [0.25, 0.3) is 5.69 Å². The predicted molar refractivity (Wildman–Crippen MR) is 125 cm³/mol. The highest BCUT2D eigenvalue weighted by Crippen LogP contribution is 2.24. The first-order chi connectivity index (χ1) is 15.4. The Bertz CT molecular complexity index is 1080. The molecule has 9 heteroatoms. The van der Waals surface area contributed by atoms with Gasteiger partial charge in [0.25, 0.3) is 0 Å². The van der Waals surface area contributed by atoms with Gasteiger partial charge < -0.3 is 15.0 Å². The molecule has 1 aromatic heterocycles. The average molecular weight is 454 g/mol. The Morgan fingerprint density at radius 2 is 1.84 bits per heavy atom. The van der Waals surface area contributed by atoms with Crippen molar-refractivity contribution >= 4 is 29.3 Å². The first-order valence-electron chi connectivity index (χ1n) is 10.3. The second-order valence-electron chi connectivity index (χ2n) is 7.09. The molecule has 32 heavy (non-hydrogen) atoms. The predicted octanol–water partition coefficient (Wildman–Crippen LogP) is 3.68. The number of anilines is 1. The summed E-state index contributed by atoms with van der Waals surface area (Å²) in [4.78, 5) is 26.2. The summed E-state index contributed by atoms with van der Waals surface area (Å²) >= 11 is 1.31. The topological polar surface area (TPSA) is 89.3 Å². The molecule has 8 nitrogen and oxygen atoms in total. The van der Waals surface area contributed by atoms with Crippen LogP contribution in [0.1, 0.15) is 25.2 Å². The fourth-order valence-electron chi connectivity index (χ4n) is 3.21. The molecule has 0 aliphatic carbocycles. The van der Waals surface area contributed by atoms with Crippen molar-refractivity contribution < 1.29 is 14.3 Å². The van der Waals surface area contributed by atoms with Gasteiger partial charge in [-0.15, -0.1) is 10.2 Å². The Morgan fingerprint density at radius 3 is 2.50 bits per heavy atom. The maximum atomic E-state index is 12.7. The third-order valence-corrected chi connectivity index (χ3v) is 5.87. The van der Waals surface area contributed by atoms with Gasteiger partial charge >= 0.3 is 0 Å². The molecule has 0 saturated carbocycles. The molecule has 2 aromatic carbocycles. The largest absolute Gasteiger partial charge is 0.497 e. The summed E-state index contributed by atoms with van der Waals surface area (Å²) in [6, 6.07) is 15.1. The first kappa shape index (κ1) is 23.3. The van der Waals surface area contributed by atoms with Gasteiger partial charge in [-0.2, -0.15) is 0 Å². The number of aromatic nitrogens is 3. The Kier molecular flexibility index (Phi) is 7.88. The fourth-order valence-corrected chi connectivity index (χ4v) is 4.01. The minimum absolute atomic E-state index is 0.00239. The van der Waals surface area contributed by atoms with E-state index in [1.807, 2.05) is 66.9 Å². The van der Waals surface area contributed by atoms with E-state index in [9.17, 15) is 9.59 Å². The lowest BCUT2D eigenvalue weighted by Gasteiger charge is -2.21. The van der Waals surface area contributed by atoms with Crippen molar-refractivity contribution in [3.05, 3.63) is 59.9 Å². The maximum absolute atomic E-state index is 12.7. The number of aryl methyl sites for hydroxylation is 1. The van der Waals surface area contributed by atoms with E-state index in [0.717, 1.165) is 22.8 Å². The zero-order valence-corrected chi connectivity index (χ0v) is 19.5. The van der Waals surface area contributed by atoms with Gasteiger partial charge in [0.1, 0.15) is 11.6 Å². The van der Waals surface area contributed by atoms with E-state index in [2.05, 4.69) is 15.5 Å². The number of carbonyl (C=O) groups is 2. The number of rotatable bonds is 9. The molecule has 1 N–H and O–H groups in total. The number of nitrogens with zero attached hydrogens (tertiary/aromatic N) is 4. The van der Waals surface area contributed by atoms with E-state index in [1.165, 1.54) is 11.8 Å². The standard InChI is InChI=1S/C23H27N5O3S/c1-5-27(17(3)29)14-18-8-6-7-9-21(18)24-22(30)15-32-23-26-25-16(2)28(23)19-10-12-20(31-4)13-11-19/h6-13H,5,14-15H2,1-4H3,(H,24,30). The van der Waals surface area contributed by atoms with E-state index in [0.29, 0.717) is 23.9 Å². The van der Waals surface area contributed by atoms with Gasteiger partial charge in [-0.05, 0) is 49.7 Å². The number of amides is 2. The molecule has 3 aromatic rings. The molecule has 0 saturated heterocycles. The minimum atomic E-state index is -0.157. The molecule has 0 radical (unpaired) electrons. The molecule has 1 heterocycles. The maximum Gasteiger partial charge on any atom is 0.234 e. The Labute approximate surface area is 192 Å². The third-order valence-electron chi connectivity index (χ3n) is 4.94. The number of para-hydroxylation sites is 1. The first-order valence-corrected chi connectivity index (χ1v) is 11.2. The lowest BCUT2D eigenvalue weighted by molar-refractivity contribution is -0.129. The van der Waals surface area contributed by atoms with Crippen LogP contribution in [0, 0.1) is 6.92 Å². The third kappa shape index (κ3) is 5.67.